The molecule has 0 radical (unpaired) electrons. The van der Waals surface area contributed by atoms with Gasteiger partial charge in [-0.2, -0.15) is 0 Å². The highest BCUT2D eigenvalue weighted by molar-refractivity contribution is 5.85. The lowest BCUT2D eigenvalue weighted by atomic mass is 9.76. The van der Waals surface area contributed by atoms with Crippen LogP contribution in [0.25, 0.3) is 0 Å². The van der Waals surface area contributed by atoms with Crippen LogP contribution in [0.5, 0.6) is 0 Å². The number of amides is 1. The number of carboxylic acid groups (broad SMARTS) is 1. The largest absolute Gasteiger partial charge is 0.481 e. The molecule has 1 saturated heterocycles. The minimum atomic E-state index is -0.849. The first-order valence-electron chi connectivity index (χ1n) is 7.19. The maximum atomic E-state index is 12.2. The predicted molar refractivity (Wildman–Crippen MR) is 69.5 cm³/mol. The van der Waals surface area contributed by atoms with Crippen LogP contribution in [-0.4, -0.2) is 46.7 Å². The molecule has 2 fully saturated rings. The van der Waals surface area contributed by atoms with E-state index < -0.39 is 11.4 Å². The van der Waals surface area contributed by atoms with Crippen molar-refractivity contribution in [2.45, 2.75) is 44.9 Å². The van der Waals surface area contributed by atoms with Crippen LogP contribution in [0.1, 0.15) is 44.9 Å². The van der Waals surface area contributed by atoms with Gasteiger partial charge in [0.25, 0.3) is 0 Å². The number of likely N-dealkylation sites (tertiary alicyclic amines) is 1. The normalized spacial score (nSPS) is 23.5. The van der Waals surface area contributed by atoms with Crippen LogP contribution in [0.3, 0.4) is 0 Å². The van der Waals surface area contributed by atoms with Gasteiger partial charge in [-0.3, -0.25) is 9.59 Å². The van der Waals surface area contributed by atoms with Crippen molar-refractivity contribution in [1.82, 2.24) is 4.90 Å². The quantitative estimate of drug-likeness (QED) is 0.753. The fourth-order valence-electron chi connectivity index (χ4n) is 3.16. The van der Waals surface area contributed by atoms with E-state index in [0.29, 0.717) is 25.9 Å². The first-order chi connectivity index (χ1) is 9.07. The first-order valence-corrected chi connectivity index (χ1v) is 7.19. The summed E-state index contributed by atoms with van der Waals surface area (Å²) in [6.45, 7) is 1.25. The molecule has 1 saturated carbocycles. The van der Waals surface area contributed by atoms with E-state index in [1.807, 2.05) is 0 Å². The number of carboxylic acids is 1. The molecule has 0 spiro atoms. The Labute approximate surface area is 113 Å². The fourth-order valence-corrected chi connectivity index (χ4v) is 3.16. The monoisotopic (exact) mass is 269 g/mol. The van der Waals surface area contributed by atoms with E-state index in [9.17, 15) is 14.7 Å². The summed E-state index contributed by atoms with van der Waals surface area (Å²) in [7, 11) is 0. The lowest BCUT2D eigenvalue weighted by Crippen LogP contribution is -2.53. The summed E-state index contributed by atoms with van der Waals surface area (Å²) in [5, 5.41) is 18.5. The van der Waals surface area contributed by atoms with E-state index in [2.05, 4.69) is 0 Å². The highest BCUT2D eigenvalue weighted by Gasteiger charge is 2.43. The number of aliphatic hydroxyl groups excluding tert-OH is 1. The van der Waals surface area contributed by atoms with E-state index in [1.54, 1.807) is 4.90 Å². The smallest absolute Gasteiger partial charge is 0.310 e. The number of carbonyl (C=O) groups excluding carboxylic acids is 1. The molecule has 5 heteroatoms. The van der Waals surface area contributed by atoms with Gasteiger partial charge in [0.15, 0.2) is 0 Å². The van der Waals surface area contributed by atoms with Crippen molar-refractivity contribution in [3.8, 4) is 0 Å². The van der Waals surface area contributed by atoms with E-state index in [-0.39, 0.29) is 24.9 Å². The highest BCUT2D eigenvalue weighted by Crippen LogP contribution is 2.39. The van der Waals surface area contributed by atoms with Crippen molar-refractivity contribution in [1.29, 1.82) is 0 Å². The highest BCUT2D eigenvalue weighted by atomic mass is 16.4. The van der Waals surface area contributed by atoms with Gasteiger partial charge in [-0.25, -0.2) is 0 Å². The zero-order valence-electron chi connectivity index (χ0n) is 11.3. The molecule has 0 aromatic rings. The van der Waals surface area contributed by atoms with Gasteiger partial charge in [-0.05, 0) is 12.8 Å². The van der Waals surface area contributed by atoms with Gasteiger partial charge >= 0.3 is 5.97 Å². The van der Waals surface area contributed by atoms with Gasteiger partial charge in [-0.15, -0.1) is 0 Å². The lowest BCUT2D eigenvalue weighted by Gasteiger charge is -2.40. The minimum absolute atomic E-state index is 0.0611. The molecule has 2 aliphatic rings. The Morgan fingerprint density at radius 2 is 1.68 bits per heavy atom. The zero-order valence-corrected chi connectivity index (χ0v) is 11.3. The second-order valence-corrected chi connectivity index (χ2v) is 6.02. The average Bonchev–Trinajstić information content (AvgIpc) is 2.54. The molecule has 2 rings (SSSR count). The number of carbonyl (C=O) groups is 2. The number of nitrogens with zero attached hydrogens (tertiary/aromatic N) is 1. The molecule has 2 N–H and O–H groups in total. The van der Waals surface area contributed by atoms with Crippen LogP contribution in [0.4, 0.5) is 0 Å². The maximum absolute atomic E-state index is 12.2. The standard InChI is InChI=1S/C14H23NO4/c16-10-11-8-15(9-11)12(17)7-14(13(18)19)5-3-1-2-4-6-14/h11,16H,1-10H2,(H,18,19). The molecule has 19 heavy (non-hydrogen) atoms. The molecule has 5 nitrogen and oxygen atoms in total. The summed E-state index contributed by atoms with van der Waals surface area (Å²) >= 11 is 0. The van der Waals surface area contributed by atoms with Crippen molar-refractivity contribution in [2.75, 3.05) is 19.7 Å². The SMILES string of the molecule is O=C(CC1(C(=O)O)CCCCCC1)N1CC(CO)C1. The molecule has 0 atom stereocenters. The first kappa shape index (κ1) is 14.3. The van der Waals surface area contributed by atoms with E-state index >= 15 is 0 Å². The van der Waals surface area contributed by atoms with Crippen molar-refractivity contribution in [3.05, 3.63) is 0 Å². The number of hydrogen-bond acceptors (Lipinski definition) is 3. The number of hydrogen-bond donors (Lipinski definition) is 2. The topological polar surface area (TPSA) is 77.8 Å². The summed E-state index contributed by atoms with van der Waals surface area (Å²) in [5.41, 5.74) is -0.849. The third-order valence-electron chi connectivity index (χ3n) is 4.57. The summed E-state index contributed by atoms with van der Waals surface area (Å²) in [4.78, 5) is 25.4. The fraction of sp³-hybridized carbons (Fsp3) is 0.857. The van der Waals surface area contributed by atoms with Gasteiger partial charge in [0.2, 0.25) is 5.91 Å². The van der Waals surface area contributed by atoms with Crippen LogP contribution in [0.15, 0.2) is 0 Å². The van der Waals surface area contributed by atoms with Gasteiger partial charge in [0.1, 0.15) is 0 Å². The van der Waals surface area contributed by atoms with Crippen LogP contribution in [0, 0.1) is 11.3 Å². The van der Waals surface area contributed by atoms with Crippen molar-refractivity contribution < 1.29 is 19.8 Å². The second kappa shape index (κ2) is 5.90. The molecular weight excluding hydrogens is 246 g/mol. The Hall–Kier alpha value is -1.10. The molecular formula is C14H23NO4. The zero-order chi connectivity index (χ0) is 13.9. The average molecular weight is 269 g/mol. The van der Waals surface area contributed by atoms with Crippen LogP contribution >= 0.6 is 0 Å². The van der Waals surface area contributed by atoms with Gasteiger partial charge in [-0.1, -0.05) is 25.7 Å². The summed E-state index contributed by atoms with van der Waals surface area (Å²) in [6.07, 6.45) is 5.30. The summed E-state index contributed by atoms with van der Waals surface area (Å²) < 4.78 is 0. The van der Waals surface area contributed by atoms with Crippen molar-refractivity contribution in [2.24, 2.45) is 11.3 Å². The molecule has 0 bridgehead atoms. The third kappa shape index (κ3) is 3.08. The molecule has 1 amide bonds. The number of aliphatic hydroxyl groups is 1. The predicted octanol–water partition coefficient (Wildman–Crippen LogP) is 1.25. The Balaban J connectivity index is 1.96. The van der Waals surface area contributed by atoms with E-state index in [1.165, 1.54) is 0 Å². The summed E-state index contributed by atoms with van der Waals surface area (Å²) in [6, 6.07) is 0. The van der Waals surface area contributed by atoms with Gasteiger partial charge < -0.3 is 15.1 Å². The van der Waals surface area contributed by atoms with Crippen LogP contribution in [-0.2, 0) is 9.59 Å². The lowest BCUT2D eigenvalue weighted by molar-refractivity contribution is -0.156. The van der Waals surface area contributed by atoms with E-state index in [0.717, 1.165) is 25.7 Å². The summed E-state index contributed by atoms with van der Waals surface area (Å²) in [5.74, 6) is -0.699. The molecule has 108 valence electrons. The third-order valence-corrected chi connectivity index (χ3v) is 4.57. The maximum Gasteiger partial charge on any atom is 0.310 e. The molecule has 1 aliphatic carbocycles. The Morgan fingerprint density at radius 3 is 2.16 bits per heavy atom. The molecule has 0 aromatic carbocycles. The number of aliphatic carboxylic acids is 1. The number of rotatable bonds is 4. The Kier molecular flexibility index (Phi) is 4.45. The minimum Gasteiger partial charge on any atom is -0.481 e. The van der Waals surface area contributed by atoms with Gasteiger partial charge in [0.05, 0.1) is 5.41 Å². The van der Waals surface area contributed by atoms with Crippen molar-refractivity contribution in [3.63, 3.8) is 0 Å². The Bertz CT molecular complexity index is 341. The van der Waals surface area contributed by atoms with Crippen LogP contribution < -0.4 is 0 Å². The van der Waals surface area contributed by atoms with Gasteiger partial charge in [0, 0.05) is 32.0 Å². The second-order valence-electron chi connectivity index (χ2n) is 6.02. The van der Waals surface area contributed by atoms with E-state index in [4.69, 9.17) is 5.11 Å². The molecule has 0 unspecified atom stereocenters. The molecule has 1 aliphatic heterocycles. The van der Waals surface area contributed by atoms with Crippen molar-refractivity contribution >= 4 is 11.9 Å². The van der Waals surface area contributed by atoms with Crippen LogP contribution in [0.2, 0.25) is 0 Å². The molecule has 1 heterocycles. The molecule has 0 aromatic heterocycles. The Morgan fingerprint density at radius 1 is 1.11 bits per heavy atom.